The Morgan fingerprint density at radius 2 is 1.79 bits per heavy atom. The van der Waals surface area contributed by atoms with E-state index in [1.807, 2.05) is 0 Å². The molecule has 0 aliphatic heterocycles. The summed E-state index contributed by atoms with van der Waals surface area (Å²) in [6.45, 7) is 0. The lowest BCUT2D eigenvalue weighted by molar-refractivity contribution is -0.147. The Morgan fingerprint density at radius 3 is 2.36 bits per heavy atom. The molecule has 0 unspecified atom stereocenters. The summed E-state index contributed by atoms with van der Waals surface area (Å²) in [5, 5.41) is 17.7. The van der Waals surface area contributed by atoms with Crippen LogP contribution in [-0.2, 0) is 9.59 Å². The molecule has 0 aromatic rings. The molecule has 4 heteroatoms. The molecule has 0 saturated heterocycles. The first-order chi connectivity index (χ1) is 6.59. The van der Waals surface area contributed by atoms with Gasteiger partial charge in [0.25, 0.3) is 0 Å². The number of carboxylic acids is 2. The summed E-state index contributed by atoms with van der Waals surface area (Å²) in [5.41, 5.74) is 0. The van der Waals surface area contributed by atoms with Gasteiger partial charge in [0.1, 0.15) is 0 Å². The predicted molar refractivity (Wildman–Crippen MR) is 47.7 cm³/mol. The van der Waals surface area contributed by atoms with Crippen molar-refractivity contribution in [1.29, 1.82) is 0 Å². The van der Waals surface area contributed by atoms with E-state index < -0.39 is 17.9 Å². The van der Waals surface area contributed by atoms with E-state index in [1.54, 1.807) is 0 Å². The number of aliphatic carboxylic acids is 2. The first-order valence-electron chi connectivity index (χ1n) is 5.04. The number of hydrogen-bond acceptors (Lipinski definition) is 2. The van der Waals surface area contributed by atoms with Crippen molar-refractivity contribution in [3.63, 3.8) is 0 Å². The summed E-state index contributed by atoms with van der Waals surface area (Å²) in [6.07, 6.45) is 2.94. The van der Waals surface area contributed by atoms with Crippen LogP contribution in [-0.4, -0.2) is 22.2 Å². The van der Waals surface area contributed by atoms with Crippen molar-refractivity contribution in [2.45, 2.75) is 25.7 Å². The fraction of sp³-hybridized carbons (Fsp3) is 0.800. The van der Waals surface area contributed by atoms with Crippen LogP contribution in [0.4, 0.5) is 0 Å². The second kappa shape index (κ2) is 3.26. The SMILES string of the molecule is O=C(O)C[C@H]1[C@H]2CC[C@H](C2)[C@H]1C(=O)O. The molecule has 2 aliphatic carbocycles. The van der Waals surface area contributed by atoms with E-state index in [9.17, 15) is 9.59 Å². The molecule has 0 radical (unpaired) electrons. The van der Waals surface area contributed by atoms with E-state index >= 15 is 0 Å². The van der Waals surface area contributed by atoms with Gasteiger partial charge >= 0.3 is 11.9 Å². The van der Waals surface area contributed by atoms with Gasteiger partial charge in [-0.3, -0.25) is 9.59 Å². The quantitative estimate of drug-likeness (QED) is 0.714. The summed E-state index contributed by atoms with van der Waals surface area (Å²) in [6, 6.07) is 0. The fourth-order valence-corrected chi connectivity index (χ4v) is 3.29. The minimum absolute atomic E-state index is 0.0259. The monoisotopic (exact) mass is 198 g/mol. The summed E-state index contributed by atoms with van der Waals surface area (Å²) < 4.78 is 0. The first-order valence-corrected chi connectivity index (χ1v) is 5.04. The number of rotatable bonds is 3. The van der Waals surface area contributed by atoms with Gasteiger partial charge < -0.3 is 10.2 Å². The molecule has 2 saturated carbocycles. The van der Waals surface area contributed by atoms with Crippen molar-refractivity contribution < 1.29 is 19.8 Å². The molecule has 4 nitrogen and oxygen atoms in total. The van der Waals surface area contributed by atoms with Crippen LogP contribution in [0.25, 0.3) is 0 Å². The van der Waals surface area contributed by atoms with E-state index in [0.29, 0.717) is 5.92 Å². The number of carboxylic acid groups (broad SMARTS) is 2. The molecule has 78 valence electrons. The molecule has 2 N–H and O–H groups in total. The lowest BCUT2D eigenvalue weighted by Gasteiger charge is -2.26. The standard InChI is InChI=1S/C10H14O4/c11-8(12)4-7-5-1-2-6(3-5)9(7)10(13)14/h5-7,9H,1-4H2,(H,11,12)(H,13,14)/t5-,6+,7-,9+/m0/s1. The molecular formula is C10H14O4. The van der Waals surface area contributed by atoms with Crippen molar-refractivity contribution in [3.8, 4) is 0 Å². The van der Waals surface area contributed by atoms with Crippen molar-refractivity contribution in [2.24, 2.45) is 23.7 Å². The van der Waals surface area contributed by atoms with E-state index in [1.165, 1.54) is 0 Å². The normalized spacial score (nSPS) is 40.0. The zero-order valence-electron chi connectivity index (χ0n) is 7.85. The average molecular weight is 198 g/mol. The van der Waals surface area contributed by atoms with Gasteiger partial charge in [0.15, 0.2) is 0 Å². The Labute approximate surface area is 81.9 Å². The minimum atomic E-state index is -0.867. The van der Waals surface area contributed by atoms with Crippen LogP contribution < -0.4 is 0 Å². The number of fused-ring (bicyclic) bond motifs is 2. The highest BCUT2D eigenvalue weighted by molar-refractivity contribution is 5.74. The number of carbonyl (C=O) groups is 2. The molecular weight excluding hydrogens is 184 g/mol. The Balaban J connectivity index is 2.13. The Bertz CT molecular complexity index is 273. The maximum Gasteiger partial charge on any atom is 0.307 e. The maximum atomic E-state index is 11.0. The highest BCUT2D eigenvalue weighted by atomic mass is 16.4. The minimum Gasteiger partial charge on any atom is -0.481 e. The predicted octanol–water partition coefficient (Wildman–Crippen LogP) is 1.21. The van der Waals surface area contributed by atoms with Crippen LogP contribution in [0.1, 0.15) is 25.7 Å². The molecule has 0 heterocycles. The van der Waals surface area contributed by atoms with E-state index in [-0.39, 0.29) is 18.3 Å². The molecule has 2 aliphatic rings. The third kappa shape index (κ3) is 1.38. The Kier molecular flexibility index (Phi) is 2.21. The van der Waals surface area contributed by atoms with Crippen molar-refractivity contribution in [2.75, 3.05) is 0 Å². The zero-order chi connectivity index (χ0) is 10.3. The second-order valence-corrected chi connectivity index (χ2v) is 4.46. The van der Waals surface area contributed by atoms with Crippen molar-refractivity contribution >= 4 is 11.9 Å². The van der Waals surface area contributed by atoms with E-state index in [2.05, 4.69) is 0 Å². The van der Waals surface area contributed by atoms with Crippen molar-refractivity contribution in [3.05, 3.63) is 0 Å². The summed E-state index contributed by atoms with van der Waals surface area (Å²) in [5.74, 6) is -1.61. The summed E-state index contributed by atoms with van der Waals surface area (Å²) in [4.78, 5) is 21.6. The van der Waals surface area contributed by atoms with Crippen molar-refractivity contribution in [1.82, 2.24) is 0 Å². The van der Waals surface area contributed by atoms with Crippen LogP contribution in [0.3, 0.4) is 0 Å². The molecule has 2 bridgehead atoms. The van der Waals surface area contributed by atoms with Gasteiger partial charge in [-0.1, -0.05) is 0 Å². The molecule has 2 rings (SSSR count). The highest BCUT2D eigenvalue weighted by Gasteiger charge is 2.51. The van der Waals surface area contributed by atoms with E-state index in [0.717, 1.165) is 19.3 Å². The Hall–Kier alpha value is -1.06. The van der Waals surface area contributed by atoms with Gasteiger partial charge in [0.05, 0.1) is 5.92 Å². The van der Waals surface area contributed by atoms with Gasteiger partial charge in [-0.2, -0.15) is 0 Å². The van der Waals surface area contributed by atoms with Crippen LogP contribution in [0.15, 0.2) is 0 Å². The molecule has 4 atom stereocenters. The summed E-state index contributed by atoms with van der Waals surface area (Å²) >= 11 is 0. The van der Waals surface area contributed by atoms with Gasteiger partial charge in [0.2, 0.25) is 0 Å². The van der Waals surface area contributed by atoms with Gasteiger partial charge in [-0.05, 0) is 37.0 Å². The topological polar surface area (TPSA) is 74.6 Å². The Morgan fingerprint density at radius 1 is 1.14 bits per heavy atom. The third-order valence-electron chi connectivity index (χ3n) is 3.78. The largest absolute Gasteiger partial charge is 0.481 e. The van der Waals surface area contributed by atoms with Gasteiger partial charge in [-0.25, -0.2) is 0 Å². The maximum absolute atomic E-state index is 11.0. The molecule has 0 aromatic carbocycles. The second-order valence-electron chi connectivity index (χ2n) is 4.46. The molecule has 2 fully saturated rings. The fourth-order valence-electron chi connectivity index (χ4n) is 3.29. The first kappa shape index (κ1) is 9.49. The van der Waals surface area contributed by atoms with Gasteiger partial charge in [-0.15, -0.1) is 0 Å². The van der Waals surface area contributed by atoms with Crippen LogP contribution in [0.2, 0.25) is 0 Å². The molecule has 0 amide bonds. The van der Waals surface area contributed by atoms with E-state index in [4.69, 9.17) is 10.2 Å². The van der Waals surface area contributed by atoms with Crippen LogP contribution in [0.5, 0.6) is 0 Å². The van der Waals surface area contributed by atoms with Crippen LogP contribution in [0, 0.1) is 23.7 Å². The highest BCUT2D eigenvalue weighted by Crippen LogP contribution is 2.53. The lowest BCUT2D eigenvalue weighted by Crippen LogP contribution is -2.30. The number of hydrogen-bond donors (Lipinski definition) is 2. The third-order valence-corrected chi connectivity index (χ3v) is 3.78. The molecule has 0 aromatic heterocycles. The van der Waals surface area contributed by atoms with Crippen LogP contribution >= 0.6 is 0 Å². The molecule has 0 spiro atoms. The molecule has 14 heavy (non-hydrogen) atoms. The summed E-state index contributed by atoms with van der Waals surface area (Å²) in [7, 11) is 0. The average Bonchev–Trinajstić information content (AvgIpc) is 2.61. The van der Waals surface area contributed by atoms with Gasteiger partial charge in [0, 0.05) is 6.42 Å². The zero-order valence-corrected chi connectivity index (χ0v) is 7.85. The smallest absolute Gasteiger partial charge is 0.307 e. The lowest BCUT2D eigenvalue weighted by atomic mass is 9.77.